The molecule has 0 aromatic carbocycles. The van der Waals surface area contributed by atoms with Crippen LogP contribution >= 0.6 is 30.1 Å². The van der Waals surface area contributed by atoms with Crippen molar-refractivity contribution in [1.82, 2.24) is 0 Å². The minimum Gasteiger partial charge on any atom is -1.00 e. The Balaban J connectivity index is -0.0000000150. The van der Waals surface area contributed by atoms with Gasteiger partial charge in [-0.3, -0.25) is 0 Å². The van der Waals surface area contributed by atoms with Crippen LogP contribution in [0.25, 0.3) is 0 Å². The monoisotopic (exact) mass is 158 g/mol. The van der Waals surface area contributed by atoms with Crippen molar-refractivity contribution in [2.75, 3.05) is 0 Å². The van der Waals surface area contributed by atoms with Crippen LogP contribution in [0, 0.1) is 0 Å². The molecule has 0 nitrogen and oxygen atoms in total. The van der Waals surface area contributed by atoms with E-state index in [4.69, 9.17) is 30.1 Å². The first-order valence-corrected chi connectivity index (χ1v) is 5.89. The van der Waals surface area contributed by atoms with Gasteiger partial charge in [-0.05, 0) is 0 Å². The summed E-state index contributed by atoms with van der Waals surface area (Å²) in [6.07, 6.45) is 0. The van der Waals surface area contributed by atoms with E-state index in [0.717, 1.165) is 0 Å². The summed E-state index contributed by atoms with van der Waals surface area (Å²) in [4.78, 5) is 0. The standard InChI is InChI=1S/Al.3ClH.Mg.2H/h;3*1H;;;/q+3;;;;+2;2*-1/p-3. The van der Waals surface area contributed by atoms with Crippen molar-refractivity contribution in [2.24, 2.45) is 0 Å². The van der Waals surface area contributed by atoms with E-state index in [-0.39, 0.29) is 25.9 Å². The van der Waals surface area contributed by atoms with E-state index in [1.54, 1.807) is 0 Å². The van der Waals surface area contributed by atoms with E-state index < -0.39 is 11.4 Å². The van der Waals surface area contributed by atoms with E-state index in [1.807, 2.05) is 0 Å². The summed E-state index contributed by atoms with van der Waals surface area (Å²) in [5, 5.41) is 0. The summed E-state index contributed by atoms with van der Waals surface area (Å²) >= 11 is -1.72. The van der Waals surface area contributed by atoms with Crippen LogP contribution in [0.1, 0.15) is 2.85 Å². The number of halogens is 3. The zero-order valence-corrected chi connectivity index (χ0v) is 7.26. The molecule has 0 rings (SSSR count). The van der Waals surface area contributed by atoms with E-state index >= 15 is 0 Å². The molecule has 0 amide bonds. The van der Waals surface area contributed by atoms with Crippen LogP contribution in [0.3, 0.4) is 0 Å². The van der Waals surface area contributed by atoms with E-state index in [1.165, 1.54) is 0 Å². The SMILES string of the molecule is [Cl][Al]([Cl])[Cl].[H-].[H-].[Mg+2]. The molecular formula is H2AlCl3Mg. The molecule has 0 aliphatic carbocycles. The van der Waals surface area contributed by atoms with Crippen molar-refractivity contribution >= 4 is 64.6 Å². The second kappa shape index (κ2) is 6.17. The van der Waals surface area contributed by atoms with Crippen molar-refractivity contribution in [3.8, 4) is 0 Å². The van der Waals surface area contributed by atoms with E-state index in [0.29, 0.717) is 0 Å². The molecule has 0 spiro atoms. The summed E-state index contributed by atoms with van der Waals surface area (Å²) in [6, 6.07) is 0. The minimum absolute atomic E-state index is 0. The first-order chi connectivity index (χ1) is 1.73. The Kier molecular flexibility index (Phi) is 12.6. The van der Waals surface area contributed by atoms with Gasteiger partial charge in [0.15, 0.2) is 0 Å². The molecule has 0 unspecified atom stereocenters. The first kappa shape index (κ1) is 10.2. The maximum Gasteiger partial charge on any atom is 2.00 e. The number of rotatable bonds is 0. The third-order valence-electron chi connectivity index (χ3n) is 0. The Morgan fingerprint density at radius 2 is 1.20 bits per heavy atom. The Bertz CT molecular complexity index is 17.7. The van der Waals surface area contributed by atoms with E-state index in [2.05, 4.69) is 0 Å². The summed E-state index contributed by atoms with van der Waals surface area (Å²) in [5.41, 5.74) is 0. The van der Waals surface area contributed by atoms with Gasteiger partial charge in [0.2, 0.25) is 0 Å². The third kappa shape index (κ3) is 22.8. The summed E-state index contributed by atoms with van der Waals surface area (Å²) in [5.74, 6) is 0. The van der Waals surface area contributed by atoms with Gasteiger partial charge in [0.1, 0.15) is 0 Å². The number of hydrogen-bond acceptors (Lipinski definition) is 0. The predicted molar refractivity (Wildman–Crippen MR) is 31.3 cm³/mol. The molecule has 0 fully saturated rings. The molecule has 0 saturated heterocycles. The van der Waals surface area contributed by atoms with Crippen molar-refractivity contribution in [3.05, 3.63) is 0 Å². The molecule has 28 valence electrons. The van der Waals surface area contributed by atoms with Crippen molar-refractivity contribution in [1.29, 1.82) is 0 Å². The molecule has 5 heavy (non-hydrogen) atoms. The quantitative estimate of drug-likeness (QED) is 0.471. The number of hydrogen-bond donors (Lipinski definition) is 0. The second-order valence-electron chi connectivity index (χ2n) is 0.247. The minimum atomic E-state index is -1.72. The molecule has 0 aliphatic heterocycles. The normalized spacial score (nSPS) is 5.40. The van der Waals surface area contributed by atoms with Gasteiger partial charge in [0.05, 0.1) is 0 Å². The van der Waals surface area contributed by atoms with Crippen molar-refractivity contribution in [2.45, 2.75) is 0 Å². The van der Waals surface area contributed by atoms with Crippen molar-refractivity contribution in [3.63, 3.8) is 0 Å². The zero-order chi connectivity index (χ0) is 3.58. The largest absolute Gasteiger partial charge is 2.00 e. The maximum atomic E-state index is 4.94. The second-order valence-corrected chi connectivity index (χ2v) is 6.68. The maximum absolute atomic E-state index is 4.94. The predicted octanol–water partition coefficient (Wildman–Crippen LogP) is 1.53. The zero-order valence-electron chi connectivity index (χ0n) is 4.42. The van der Waals surface area contributed by atoms with Gasteiger partial charge in [0, 0.05) is 0 Å². The smallest absolute Gasteiger partial charge is 1.00 e. The van der Waals surface area contributed by atoms with Gasteiger partial charge >= 0.3 is 34.4 Å². The van der Waals surface area contributed by atoms with Crippen LogP contribution in [-0.4, -0.2) is 34.4 Å². The molecule has 5 heteroatoms. The molecule has 0 saturated carbocycles. The van der Waals surface area contributed by atoms with Crippen LogP contribution in [0.4, 0.5) is 0 Å². The topological polar surface area (TPSA) is 0 Å². The summed E-state index contributed by atoms with van der Waals surface area (Å²) < 4.78 is 0. The van der Waals surface area contributed by atoms with Gasteiger partial charge in [-0.1, -0.05) is 0 Å². The average molecular weight is 160 g/mol. The fourth-order valence-electron chi connectivity index (χ4n) is 0. The molecule has 0 heterocycles. The van der Waals surface area contributed by atoms with Crippen molar-refractivity contribution < 1.29 is 2.85 Å². The van der Waals surface area contributed by atoms with Crippen LogP contribution in [0.15, 0.2) is 0 Å². The molecule has 0 aliphatic rings. The Labute approximate surface area is 66.9 Å². The fourth-order valence-corrected chi connectivity index (χ4v) is 0. The Morgan fingerprint density at radius 1 is 1.20 bits per heavy atom. The molecule has 0 atom stereocenters. The van der Waals surface area contributed by atoms with E-state index in [9.17, 15) is 0 Å². The molecule has 0 radical (unpaired) electrons. The third-order valence-corrected chi connectivity index (χ3v) is 0. The van der Waals surface area contributed by atoms with Crippen LogP contribution < -0.4 is 0 Å². The van der Waals surface area contributed by atoms with Gasteiger partial charge < -0.3 is 2.85 Å². The molecular weight excluding hydrogens is 158 g/mol. The summed E-state index contributed by atoms with van der Waals surface area (Å²) in [6.45, 7) is 0. The fraction of sp³-hybridized carbons (Fsp3) is 0. The molecule has 0 N–H and O–H groups in total. The van der Waals surface area contributed by atoms with Crippen LogP contribution in [-0.2, 0) is 0 Å². The van der Waals surface area contributed by atoms with Gasteiger partial charge in [-0.25, -0.2) is 30.1 Å². The Morgan fingerprint density at radius 3 is 1.20 bits per heavy atom. The van der Waals surface area contributed by atoms with Crippen LogP contribution in [0.5, 0.6) is 0 Å². The Hall–Kier alpha value is 2.17. The molecule has 0 aromatic heterocycles. The van der Waals surface area contributed by atoms with Gasteiger partial charge in [0.25, 0.3) is 0 Å². The summed E-state index contributed by atoms with van der Waals surface area (Å²) in [7, 11) is 14.8. The van der Waals surface area contributed by atoms with Gasteiger partial charge in [-0.15, -0.1) is 0 Å². The van der Waals surface area contributed by atoms with Crippen LogP contribution in [0.2, 0.25) is 0 Å². The average Bonchev–Trinajstić information content (AvgIpc) is 0.811. The van der Waals surface area contributed by atoms with Gasteiger partial charge in [-0.2, -0.15) is 0 Å². The molecule has 0 aromatic rings. The first-order valence-electron chi connectivity index (χ1n) is 0.655. The molecule has 0 bridgehead atoms.